The van der Waals surface area contributed by atoms with Crippen LogP contribution < -0.4 is 0 Å². The van der Waals surface area contributed by atoms with Gasteiger partial charge in [-0.3, -0.25) is 0 Å². The van der Waals surface area contributed by atoms with Crippen LogP contribution >= 0.6 is 0 Å². The molecule has 0 saturated heterocycles. The Bertz CT molecular complexity index is 1470. The molecular formula is C42H58N2. The van der Waals surface area contributed by atoms with Gasteiger partial charge in [-0.1, -0.05) is 128 Å². The van der Waals surface area contributed by atoms with E-state index in [1.807, 2.05) is 41.5 Å². The van der Waals surface area contributed by atoms with Gasteiger partial charge in [0.05, 0.1) is 0 Å². The van der Waals surface area contributed by atoms with Crippen molar-refractivity contribution in [1.82, 2.24) is 9.80 Å². The van der Waals surface area contributed by atoms with Crippen LogP contribution in [0.1, 0.15) is 77.6 Å². The summed E-state index contributed by atoms with van der Waals surface area (Å²) in [6.45, 7) is 18.5. The third kappa shape index (κ3) is 8.58. The van der Waals surface area contributed by atoms with E-state index in [9.17, 15) is 0 Å². The van der Waals surface area contributed by atoms with Crippen molar-refractivity contribution < 1.29 is 0 Å². The molecular weight excluding hydrogens is 532 g/mol. The van der Waals surface area contributed by atoms with Gasteiger partial charge in [0.15, 0.2) is 0 Å². The van der Waals surface area contributed by atoms with Crippen molar-refractivity contribution in [1.29, 1.82) is 0 Å². The first-order valence-electron chi connectivity index (χ1n) is 16.9. The molecule has 0 amide bonds. The molecule has 5 aromatic carbocycles. The second kappa shape index (κ2) is 18.4. The van der Waals surface area contributed by atoms with Crippen LogP contribution in [0, 0.1) is 0 Å². The summed E-state index contributed by atoms with van der Waals surface area (Å²) >= 11 is 0. The maximum Gasteiger partial charge on any atom is -0.00130 e. The molecule has 0 bridgehead atoms. The van der Waals surface area contributed by atoms with Gasteiger partial charge in [-0.2, -0.15) is 0 Å². The van der Waals surface area contributed by atoms with Crippen molar-refractivity contribution in [2.24, 2.45) is 0 Å². The highest BCUT2D eigenvalue weighted by molar-refractivity contribution is 6.01. The van der Waals surface area contributed by atoms with E-state index in [1.54, 1.807) is 0 Å². The third-order valence-electron chi connectivity index (χ3n) is 7.89. The van der Waals surface area contributed by atoms with Crippen molar-refractivity contribution >= 4 is 21.5 Å². The number of rotatable bonds is 2. The molecule has 2 aliphatic carbocycles. The minimum absolute atomic E-state index is 1.05. The Balaban J connectivity index is 0.000000360. The van der Waals surface area contributed by atoms with Crippen molar-refractivity contribution in [3.63, 3.8) is 0 Å². The summed E-state index contributed by atoms with van der Waals surface area (Å²) in [6.07, 6.45) is 2.09. The molecule has 5 aromatic rings. The molecule has 7 rings (SSSR count). The highest BCUT2D eigenvalue weighted by atomic mass is 15.0. The molecule has 0 aromatic heterocycles. The largest absolute Gasteiger partial charge is 0.310 e. The minimum atomic E-state index is 1.05. The van der Waals surface area contributed by atoms with Gasteiger partial charge in [-0.05, 0) is 132 Å². The lowest BCUT2D eigenvalue weighted by molar-refractivity contribution is 0.434. The smallest absolute Gasteiger partial charge is 0.00130 e. The van der Waals surface area contributed by atoms with Crippen LogP contribution in [0.15, 0.2) is 84.9 Å². The second-order valence-corrected chi connectivity index (χ2v) is 11.0. The van der Waals surface area contributed by atoms with Crippen molar-refractivity contribution in [2.45, 2.75) is 68.2 Å². The van der Waals surface area contributed by atoms with Crippen molar-refractivity contribution in [3.05, 3.63) is 107 Å². The average Bonchev–Trinajstić information content (AvgIpc) is 3.62. The fourth-order valence-electron chi connectivity index (χ4n) is 5.34. The first-order chi connectivity index (χ1) is 21.4. The Morgan fingerprint density at radius 1 is 0.432 bits per heavy atom. The third-order valence-corrected chi connectivity index (χ3v) is 7.89. The quantitative estimate of drug-likeness (QED) is 0.198. The normalized spacial score (nSPS) is 11.1. The Labute approximate surface area is 269 Å². The summed E-state index contributed by atoms with van der Waals surface area (Å²) in [4.78, 5) is 4.25. The molecule has 0 aliphatic heterocycles. The summed E-state index contributed by atoms with van der Waals surface area (Å²) in [6, 6.07) is 31.8. The van der Waals surface area contributed by atoms with Crippen LogP contribution in [0.4, 0.5) is 0 Å². The molecule has 0 N–H and O–H groups in total. The van der Waals surface area contributed by atoms with Crippen LogP contribution in [-0.4, -0.2) is 51.1 Å². The SMILES string of the molecule is CC.CC.CC.CCN(C)C.CCN(C)C.c1ccc2cc3c(cc2c1)Cc1ccc2c(c1-3)-c1cc3ccccc3cc1C2. The molecule has 0 spiro atoms. The molecule has 0 saturated carbocycles. The molecule has 2 heteroatoms. The fourth-order valence-corrected chi connectivity index (χ4v) is 5.34. The first-order valence-corrected chi connectivity index (χ1v) is 16.9. The molecule has 0 atom stereocenters. The van der Waals surface area contributed by atoms with Crippen LogP contribution in [0.25, 0.3) is 43.8 Å². The van der Waals surface area contributed by atoms with Gasteiger partial charge in [0.2, 0.25) is 0 Å². The second-order valence-electron chi connectivity index (χ2n) is 11.0. The molecule has 2 nitrogen and oxygen atoms in total. The van der Waals surface area contributed by atoms with E-state index < -0.39 is 0 Å². The van der Waals surface area contributed by atoms with Crippen LogP contribution in [-0.2, 0) is 12.8 Å². The van der Waals surface area contributed by atoms with Crippen LogP contribution in [0.3, 0.4) is 0 Å². The summed E-state index contributed by atoms with van der Waals surface area (Å²) in [7, 11) is 8.22. The topological polar surface area (TPSA) is 6.48 Å². The van der Waals surface area contributed by atoms with E-state index in [1.165, 1.54) is 66.1 Å². The highest BCUT2D eigenvalue weighted by Crippen LogP contribution is 2.50. The maximum absolute atomic E-state index is 2.41. The molecule has 2 aliphatic rings. The molecule has 44 heavy (non-hydrogen) atoms. The Hall–Kier alpha value is -3.46. The standard InChI is InChI=1S/C28H18.2C4H11N.3C2H6/c1-3-7-19-15-25-23(11-17(19)5-1)13-21-9-10-22-14-24-12-18-6-2-4-8-20(18)16-26(24)28(22)27(21)25;2*1-4-5(2)3;3*1-2/h1-12,15-16H,13-14H2;2*4H2,1-3H3;3*1-2H3. The molecule has 0 fully saturated rings. The van der Waals surface area contributed by atoms with Gasteiger partial charge in [-0.15, -0.1) is 0 Å². The predicted molar refractivity (Wildman–Crippen MR) is 200 cm³/mol. The van der Waals surface area contributed by atoms with Crippen molar-refractivity contribution in [3.8, 4) is 22.3 Å². The highest BCUT2D eigenvalue weighted by Gasteiger charge is 2.29. The van der Waals surface area contributed by atoms with Crippen LogP contribution in [0.5, 0.6) is 0 Å². The summed E-state index contributed by atoms with van der Waals surface area (Å²) in [5.41, 5.74) is 11.7. The summed E-state index contributed by atoms with van der Waals surface area (Å²) < 4.78 is 0. The Morgan fingerprint density at radius 2 is 0.705 bits per heavy atom. The molecule has 0 unspecified atom stereocenters. The Kier molecular flexibility index (Phi) is 15.3. The van der Waals surface area contributed by atoms with Gasteiger partial charge in [-0.25, -0.2) is 0 Å². The number of nitrogens with zero attached hydrogens (tertiary/aromatic N) is 2. The first kappa shape index (κ1) is 36.7. The van der Waals surface area contributed by atoms with Crippen LogP contribution in [0.2, 0.25) is 0 Å². The lowest BCUT2D eigenvalue weighted by atomic mass is 9.92. The fraction of sp³-hybridized carbons (Fsp3) is 0.381. The lowest BCUT2D eigenvalue weighted by Gasteiger charge is -2.11. The van der Waals surface area contributed by atoms with E-state index in [0.717, 1.165) is 25.9 Å². The summed E-state index contributed by atoms with van der Waals surface area (Å²) in [5, 5.41) is 5.36. The van der Waals surface area contributed by atoms with Gasteiger partial charge < -0.3 is 9.80 Å². The summed E-state index contributed by atoms with van der Waals surface area (Å²) in [5.74, 6) is 0. The minimum Gasteiger partial charge on any atom is -0.310 e. The molecule has 236 valence electrons. The average molecular weight is 591 g/mol. The lowest BCUT2D eigenvalue weighted by Crippen LogP contribution is -2.08. The number of hydrogen-bond acceptors (Lipinski definition) is 2. The van der Waals surface area contributed by atoms with Gasteiger partial charge in [0, 0.05) is 0 Å². The molecule has 0 heterocycles. The predicted octanol–water partition coefficient (Wildman–Crippen LogP) is 11.3. The Morgan fingerprint density at radius 3 is 0.977 bits per heavy atom. The maximum atomic E-state index is 2.41. The van der Waals surface area contributed by atoms with E-state index in [0.29, 0.717) is 0 Å². The zero-order chi connectivity index (χ0) is 32.8. The zero-order valence-corrected chi connectivity index (χ0v) is 29.8. The van der Waals surface area contributed by atoms with Crippen molar-refractivity contribution in [2.75, 3.05) is 41.3 Å². The zero-order valence-electron chi connectivity index (χ0n) is 29.8. The monoisotopic (exact) mass is 590 g/mol. The number of hydrogen-bond donors (Lipinski definition) is 0. The van der Waals surface area contributed by atoms with E-state index in [2.05, 4.69) is 137 Å². The number of benzene rings is 5. The van der Waals surface area contributed by atoms with E-state index in [4.69, 9.17) is 0 Å². The van der Waals surface area contributed by atoms with E-state index in [-0.39, 0.29) is 0 Å². The van der Waals surface area contributed by atoms with Gasteiger partial charge in [0.1, 0.15) is 0 Å². The number of fused-ring (bicyclic) bond motifs is 9. The molecule has 0 radical (unpaired) electrons. The van der Waals surface area contributed by atoms with Gasteiger partial charge in [0.25, 0.3) is 0 Å². The van der Waals surface area contributed by atoms with Gasteiger partial charge >= 0.3 is 0 Å². The van der Waals surface area contributed by atoms with E-state index >= 15 is 0 Å².